The molecule has 1 fully saturated rings. The normalized spacial score (nSPS) is 27.4. The summed E-state index contributed by atoms with van der Waals surface area (Å²) in [6, 6.07) is 0.921. The Morgan fingerprint density at radius 3 is 2.53 bits per heavy atom. The summed E-state index contributed by atoms with van der Waals surface area (Å²) >= 11 is 0. The van der Waals surface area contributed by atoms with Crippen molar-refractivity contribution in [2.24, 2.45) is 0 Å². The summed E-state index contributed by atoms with van der Waals surface area (Å²) in [6.07, 6.45) is 2.12. The van der Waals surface area contributed by atoms with Gasteiger partial charge in [-0.15, -0.1) is 0 Å². The number of carboxylic acids is 1. The van der Waals surface area contributed by atoms with Crippen LogP contribution in [0.2, 0.25) is 0 Å². The standard InChI is InChI=1S/C13H26N2O2/c1-6-15(13(3,4)12(16)17)11-7-8-14(5)10(2)9-11/h10-11H,6-9H2,1-5H3,(H,16,17). The summed E-state index contributed by atoms with van der Waals surface area (Å²) in [4.78, 5) is 15.8. The number of carboxylic acid groups (broad SMARTS) is 1. The molecule has 100 valence electrons. The van der Waals surface area contributed by atoms with Gasteiger partial charge in [-0.2, -0.15) is 0 Å². The molecule has 0 aromatic heterocycles. The molecule has 1 aliphatic heterocycles. The zero-order valence-corrected chi connectivity index (χ0v) is 11.7. The van der Waals surface area contributed by atoms with Crippen LogP contribution in [0.15, 0.2) is 0 Å². The number of rotatable bonds is 4. The van der Waals surface area contributed by atoms with Crippen LogP contribution in [-0.4, -0.2) is 58.6 Å². The van der Waals surface area contributed by atoms with Crippen molar-refractivity contribution in [2.45, 2.75) is 58.2 Å². The van der Waals surface area contributed by atoms with Crippen molar-refractivity contribution in [1.82, 2.24) is 9.80 Å². The molecule has 1 rings (SSSR count). The lowest BCUT2D eigenvalue weighted by molar-refractivity contribution is -0.151. The van der Waals surface area contributed by atoms with E-state index in [2.05, 4.69) is 23.8 Å². The largest absolute Gasteiger partial charge is 0.480 e. The fourth-order valence-electron chi connectivity index (χ4n) is 2.78. The molecule has 2 unspecified atom stereocenters. The first-order valence-corrected chi connectivity index (χ1v) is 6.51. The number of hydrogen-bond acceptors (Lipinski definition) is 3. The van der Waals surface area contributed by atoms with Gasteiger partial charge in [0.05, 0.1) is 0 Å². The Balaban J connectivity index is 2.78. The summed E-state index contributed by atoms with van der Waals surface area (Å²) in [6.45, 7) is 9.73. The Bertz CT molecular complexity index is 279. The van der Waals surface area contributed by atoms with Crippen molar-refractivity contribution >= 4 is 5.97 Å². The first-order chi connectivity index (χ1) is 7.80. The molecule has 1 aliphatic rings. The number of nitrogens with zero attached hydrogens (tertiary/aromatic N) is 2. The van der Waals surface area contributed by atoms with Gasteiger partial charge < -0.3 is 10.0 Å². The fraction of sp³-hybridized carbons (Fsp3) is 0.923. The lowest BCUT2D eigenvalue weighted by Crippen LogP contribution is -2.58. The second-order valence-electron chi connectivity index (χ2n) is 5.66. The van der Waals surface area contributed by atoms with Crippen molar-refractivity contribution in [3.63, 3.8) is 0 Å². The van der Waals surface area contributed by atoms with Crippen LogP contribution in [0.25, 0.3) is 0 Å². The molecule has 0 saturated carbocycles. The Labute approximate surface area is 105 Å². The molecule has 1 saturated heterocycles. The van der Waals surface area contributed by atoms with Gasteiger partial charge >= 0.3 is 5.97 Å². The average Bonchev–Trinajstić information content (AvgIpc) is 2.23. The monoisotopic (exact) mass is 242 g/mol. The van der Waals surface area contributed by atoms with Crippen LogP contribution in [0.3, 0.4) is 0 Å². The zero-order valence-electron chi connectivity index (χ0n) is 11.7. The molecule has 0 aromatic rings. The molecule has 4 heteroatoms. The summed E-state index contributed by atoms with van der Waals surface area (Å²) < 4.78 is 0. The summed E-state index contributed by atoms with van der Waals surface area (Å²) in [5.74, 6) is -0.731. The van der Waals surface area contributed by atoms with E-state index in [0.717, 1.165) is 25.9 Å². The highest BCUT2D eigenvalue weighted by Crippen LogP contribution is 2.26. The number of aliphatic carboxylic acids is 1. The van der Waals surface area contributed by atoms with Gasteiger partial charge in [0.2, 0.25) is 0 Å². The van der Waals surface area contributed by atoms with E-state index in [1.54, 1.807) is 0 Å². The van der Waals surface area contributed by atoms with Gasteiger partial charge in [0, 0.05) is 12.1 Å². The van der Waals surface area contributed by atoms with Crippen molar-refractivity contribution in [1.29, 1.82) is 0 Å². The smallest absolute Gasteiger partial charge is 0.323 e. The Kier molecular flexibility index (Phi) is 4.55. The minimum absolute atomic E-state index is 0.386. The molecular formula is C13H26N2O2. The molecule has 0 spiro atoms. The second-order valence-corrected chi connectivity index (χ2v) is 5.66. The molecule has 0 aliphatic carbocycles. The number of piperidine rings is 1. The maximum atomic E-state index is 11.4. The number of likely N-dealkylation sites (tertiary alicyclic amines) is 1. The van der Waals surface area contributed by atoms with Gasteiger partial charge in [0.15, 0.2) is 0 Å². The lowest BCUT2D eigenvalue weighted by atomic mass is 9.92. The number of hydrogen-bond donors (Lipinski definition) is 1. The molecule has 0 radical (unpaired) electrons. The summed E-state index contributed by atoms with van der Waals surface area (Å²) in [7, 11) is 2.14. The predicted molar refractivity (Wildman–Crippen MR) is 69.2 cm³/mol. The van der Waals surface area contributed by atoms with Gasteiger partial charge in [-0.05, 0) is 53.8 Å². The maximum Gasteiger partial charge on any atom is 0.323 e. The molecule has 17 heavy (non-hydrogen) atoms. The topological polar surface area (TPSA) is 43.8 Å². The summed E-state index contributed by atoms with van der Waals surface area (Å²) in [5, 5.41) is 9.34. The second kappa shape index (κ2) is 5.36. The van der Waals surface area contributed by atoms with Gasteiger partial charge in [0.1, 0.15) is 5.54 Å². The van der Waals surface area contributed by atoms with Crippen molar-refractivity contribution < 1.29 is 9.90 Å². The van der Waals surface area contributed by atoms with Crippen LogP contribution < -0.4 is 0 Å². The molecule has 0 amide bonds. The number of carbonyl (C=O) groups is 1. The van der Waals surface area contributed by atoms with E-state index in [1.165, 1.54) is 0 Å². The third-order valence-corrected chi connectivity index (χ3v) is 4.20. The molecule has 4 nitrogen and oxygen atoms in total. The van der Waals surface area contributed by atoms with Crippen molar-refractivity contribution in [3.8, 4) is 0 Å². The maximum absolute atomic E-state index is 11.4. The average molecular weight is 242 g/mol. The van der Waals surface area contributed by atoms with E-state index in [1.807, 2.05) is 20.8 Å². The van der Waals surface area contributed by atoms with E-state index in [0.29, 0.717) is 12.1 Å². The fourth-order valence-corrected chi connectivity index (χ4v) is 2.78. The summed E-state index contributed by atoms with van der Waals surface area (Å²) in [5.41, 5.74) is -0.769. The lowest BCUT2D eigenvalue weighted by Gasteiger charge is -2.45. The molecule has 0 aromatic carbocycles. The highest BCUT2D eigenvalue weighted by atomic mass is 16.4. The van der Waals surface area contributed by atoms with E-state index in [9.17, 15) is 9.90 Å². The van der Waals surface area contributed by atoms with Gasteiger partial charge in [-0.1, -0.05) is 6.92 Å². The molecule has 1 N–H and O–H groups in total. The first-order valence-electron chi connectivity index (χ1n) is 6.51. The van der Waals surface area contributed by atoms with Gasteiger partial charge in [-0.3, -0.25) is 9.69 Å². The van der Waals surface area contributed by atoms with Crippen LogP contribution in [0.1, 0.15) is 40.5 Å². The minimum Gasteiger partial charge on any atom is -0.480 e. The zero-order chi connectivity index (χ0) is 13.2. The third-order valence-electron chi connectivity index (χ3n) is 4.20. The van der Waals surface area contributed by atoms with Gasteiger partial charge in [0.25, 0.3) is 0 Å². The van der Waals surface area contributed by atoms with E-state index >= 15 is 0 Å². The quantitative estimate of drug-likeness (QED) is 0.814. The van der Waals surface area contributed by atoms with Crippen LogP contribution in [0, 0.1) is 0 Å². The molecule has 1 heterocycles. The van der Waals surface area contributed by atoms with Crippen LogP contribution >= 0.6 is 0 Å². The Morgan fingerprint density at radius 1 is 1.53 bits per heavy atom. The van der Waals surface area contributed by atoms with E-state index in [-0.39, 0.29) is 0 Å². The van der Waals surface area contributed by atoms with Crippen LogP contribution in [0.5, 0.6) is 0 Å². The van der Waals surface area contributed by atoms with Crippen LogP contribution in [-0.2, 0) is 4.79 Å². The minimum atomic E-state index is -0.769. The highest BCUT2D eigenvalue weighted by Gasteiger charge is 2.39. The predicted octanol–water partition coefficient (Wildman–Crippen LogP) is 1.65. The Hall–Kier alpha value is -0.610. The highest BCUT2D eigenvalue weighted by molar-refractivity contribution is 5.77. The SMILES string of the molecule is CCN(C1CCN(C)C(C)C1)C(C)(C)C(=O)O. The van der Waals surface area contributed by atoms with Crippen molar-refractivity contribution in [3.05, 3.63) is 0 Å². The molecular weight excluding hydrogens is 216 g/mol. The van der Waals surface area contributed by atoms with E-state index < -0.39 is 11.5 Å². The van der Waals surface area contributed by atoms with Crippen LogP contribution in [0.4, 0.5) is 0 Å². The van der Waals surface area contributed by atoms with E-state index in [4.69, 9.17) is 0 Å². The first kappa shape index (κ1) is 14.5. The Morgan fingerprint density at radius 2 is 2.12 bits per heavy atom. The molecule has 0 bridgehead atoms. The van der Waals surface area contributed by atoms with Crippen molar-refractivity contribution in [2.75, 3.05) is 20.1 Å². The number of likely N-dealkylation sites (N-methyl/N-ethyl adjacent to an activating group) is 1. The molecule has 2 atom stereocenters. The van der Waals surface area contributed by atoms with Gasteiger partial charge in [-0.25, -0.2) is 0 Å². The third kappa shape index (κ3) is 2.99.